The maximum absolute atomic E-state index is 5.30. The molecule has 15 rings (SSSR count). The molecule has 4 heteroatoms. The van der Waals surface area contributed by atoms with Gasteiger partial charge in [0.05, 0.1) is 27.5 Å². The molecule has 2 unspecified atom stereocenters. The molecule has 75 heavy (non-hydrogen) atoms. The van der Waals surface area contributed by atoms with Gasteiger partial charge < -0.3 is 0 Å². The number of aromatic nitrogens is 4. The molecule has 0 amide bonds. The Morgan fingerprint density at radius 3 is 1.79 bits per heavy atom. The molecular formula is C71H50N4. The first-order valence-electron chi connectivity index (χ1n) is 26.4. The van der Waals surface area contributed by atoms with Gasteiger partial charge in [-0.3, -0.25) is 19.9 Å². The standard InChI is InChI=1S/C71H50N4/c1-44-39-47-18-9-11-25-52(47)60(40-44)66-59-30-16-37-74-69(59)64(57-28-14-38-75-70(57)66)48-32-34-54-53-33-31-45(42-62(53)71(63(54)43-48,49-20-4-2-5-21-49)50-22-6-3-7-23-50)41-61-56-27-13-36-73-68(56)65(58-29-15-35-72-67(58)61)55-26-12-19-46-17-8-10-24-51(46)55/h2-38,40,43-45H,39,41-42H2,1H3. The van der Waals surface area contributed by atoms with Gasteiger partial charge in [-0.15, -0.1) is 0 Å². The van der Waals surface area contributed by atoms with Gasteiger partial charge in [0.2, 0.25) is 0 Å². The summed E-state index contributed by atoms with van der Waals surface area (Å²) in [5.74, 6) is 0.570. The number of pyridine rings is 4. The van der Waals surface area contributed by atoms with Crippen molar-refractivity contribution in [1.82, 2.24) is 19.9 Å². The summed E-state index contributed by atoms with van der Waals surface area (Å²) in [5.41, 5.74) is 22.1. The number of hydrogen-bond acceptors (Lipinski definition) is 4. The molecule has 3 aliphatic carbocycles. The van der Waals surface area contributed by atoms with E-state index in [0.29, 0.717) is 5.92 Å². The zero-order valence-electron chi connectivity index (χ0n) is 41.6. The molecule has 4 aromatic heterocycles. The van der Waals surface area contributed by atoms with Crippen molar-refractivity contribution in [2.24, 2.45) is 11.8 Å². The largest absolute Gasteiger partial charge is 0.256 e. The molecule has 0 radical (unpaired) electrons. The number of allylic oxidation sites excluding steroid dienone is 5. The van der Waals surface area contributed by atoms with Gasteiger partial charge in [0.15, 0.2) is 0 Å². The lowest BCUT2D eigenvalue weighted by molar-refractivity contribution is 0.584. The minimum absolute atomic E-state index is 0.180. The van der Waals surface area contributed by atoms with Crippen LogP contribution < -0.4 is 0 Å². The maximum Gasteiger partial charge on any atom is 0.0794 e. The van der Waals surface area contributed by atoms with Gasteiger partial charge in [-0.1, -0.05) is 189 Å². The summed E-state index contributed by atoms with van der Waals surface area (Å²) in [6.45, 7) is 2.32. The second-order valence-electron chi connectivity index (χ2n) is 20.8. The molecule has 4 nitrogen and oxygen atoms in total. The van der Waals surface area contributed by atoms with Gasteiger partial charge in [-0.25, -0.2) is 0 Å². The summed E-state index contributed by atoms with van der Waals surface area (Å²) in [6, 6.07) is 71.3. The topological polar surface area (TPSA) is 51.6 Å². The van der Waals surface area contributed by atoms with Crippen LogP contribution in [0.1, 0.15) is 57.9 Å². The average Bonchev–Trinajstić information content (AvgIpc) is 3.93. The minimum Gasteiger partial charge on any atom is -0.256 e. The predicted octanol–water partition coefficient (Wildman–Crippen LogP) is 16.9. The summed E-state index contributed by atoms with van der Waals surface area (Å²) in [5, 5.41) is 6.93. The molecule has 0 aliphatic heterocycles. The van der Waals surface area contributed by atoms with Crippen molar-refractivity contribution in [3.63, 3.8) is 0 Å². The second-order valence-corrected chi connectivity index (χ2v) is 20.8. The van der Waals surface area contributed by atoms with E-state index < -0.39 is 5.41 Å². The third-order valence-corrected chi connectivity index (χ3v) is 16.7. The van der Waals surface area contributed by atoms with Crippen LogP contribution >= 0.6 is 0 Å². The number of fused-ring (bicyclic) bond motifs is 8. The van der Waals surface area contributed by atoms with Gasteiger partial charge in [0.25, 0.3) is 0 Å². The van der Waals surface area contributed by atoms with Crippen molar-refractivity contribution in [2.75, 3.05) is 0 Å². The smallest absolute Gasteiger partial charge is 0.0794 e. The van der Waals surface area contributed by atoms with Gasteiger partial charge in [-0.2, -0.15) is 0 Å². The first-order chi connectivity index (χ1) is 37.1. The fourth-order valence-corrected chi connectivity index (χ4v) is 13.7. The Morgan fingerprint density at radius 1 is 0.467 bits per heavy atom. The van der Waals surface area contributed by atoms with Crippen LogP contribution in [0.4, 0.5) is 0 Å². The number of nitrogens with zero attached hydrogens (tertiary/aromatic N) is 4. The van der Waals surface area contributed by atoms with E-state index in [1.807, 2.05) is 24.8 Å². The number of benzene rings is 8. The van der Waals surface area contributed by atoms with Crippen LogP contribution in [0.15, 0.2) is 243 Å². The first kappa shape index (κ1) is 43.5. The van der Waals surface area contributed by atoms with Crippen LogP contribution in [0.3, 0.4) is 0 Å². The van der Waals surface area contributed by atoms with Crippen molar-refractivity contribution < 1.29 is 0 Å². The molecule has 8 aromatic carbocycles. The Balaban J connectivity index is 0.913. The molecule has 0 spiro atoms. The zero-order chi connectivity index (χ0) is 49.6. The van der Waals surface area contributed by atoms with E-state index in [1.165, 1.54) is 72.0 Å². The molecule has 3 aliphatic rings. The second kappa shape index (κ2) is 17.3. The van der Waals surface area contributed by atoms with Crippen molar-refractivity contribution in [2.45, 2.75) is 31.6 Å². The summed E-state index contributed by atoms with van der Waals surface area (Å²) in [7, 11) is 0. The van der Waals surface area contributed by atoms with E-state index in [4.69, 9.17) is 19.9 Å². The third kappa shape index (κ3) is 6.62. The molecule has 0 bridgehead atoms. The summed E-state index contributed by atoms with van der Waals surface area (Å²) >= 11 is 0. The van der Waals surface area contributed by atoms with E-state index in [1.54, 1.807) is 0 Å². The van der Waals surface area contributed by atoms with Crippen LogP contribution in [0.25, 0.3) is 87.8 Å². The minimum atomic E-state index is -0.585. The normalized spacial score (nSPS) is 16.6. The molecule has 0 saturated carbocycles. The average molecular weight is 959 g/mol. The van der Waals surface area contributed by atoms with Crippen molar-refractivity contribution in [3.8, 4) is 22.3 Å². The fourth-order valence-electron chi connectivity index (χ4n) is 13.7. The lowest BCUT2D eigenvalue weighted by Crippen LogP contribution is -2.31. The number of rotatable bonds is 7. The van der Waals surface area contributed by atoms with Crippen LogP contribution in [-0.4, -0.2) is 19.9 Å². The lowest BCUT2D eigenvalue weighted by Gasteiger charge is -2.38. The SMILES string of the molecule is CC1C=C(c2c3cccnc3c(-c3ccc4c(c3)C(c3ccccc3)(c3ccccc3)C3=C4C=CC(Cc4c5cccnc5c(-c5cccc6ccccc56)c5cccnc45)C3)c3cccnc23)c2ccccc2C1. The van der Waals surface area contributed by atoms with E-state index >= 15 is 0 Å². The summed E-state index contributed by atoms with van der Waals surface area (Å²) in [4.78, 5) is 21.0. The Hall–Kier alpha value is -9.12. The highest BCUT2D eigenvalue weighted by Crippen LogP contribution is 2.59. The van der Waals surface area contributed by atoms with E-state index in [0.717, 1.165) is 85.1 Å². The Labute approximate surface area is 436 Å². The van der Waals surface area contributed by atoms with Crippen LogP contribution in [-0.2, 0) is 18.3 Å². The quantitative estimate of drug-likeness (QED) is 0.149. The highest BCUT2D eigenvalue weighted by atomic mass is 14.7. The maximum atomic E-state index is 5.30. The molecule has 0 fully saturated rings. The van der Waals surface area contributed by atoms with Crippen molar-refractivity contribution >= 4 is 65.5 Å². The van der Waals surface area contributed by atoms with E-state index in [-0.39, 0.29) is 5.92 Å². The highest BCUT2D eigenvalue weighted by molar-refractivity contribution is 6.19. The first-order valence-corrected chi connectivity index (χ1v) is 26.4. The zero-order valence-corrected chi connectivity index (χ0v) is 41.6. The van der Waals surface area contributed by atoms with Gasteiger partial charge >= 0.3 is 0 Å². The van der Waals surface area contributed by atoms with Gasteiger partial charge in [0, 0.05) is 63.0 Å². The summed E-state index contributed by atoms with van der Waals surface area (Å²) < 4.78 is 0. The van der Waals surface area contributed by atoms with Gasteiger partial charge in [-0.05, 0) is 139 Å². The molecule has 354 valence electrons. The molecular weight excluding hydrogens is 909 g/mol. The molecule has 0 N–H and O–H groups in total. The molecule has 4 heterocycles. The Morgan fingerprint density at radius 2 is 1.04 bits per heavy atom. The predicted molar refractivity (Wildman–Crippen MR) is 309 cm³/mol. The van der Waals surface area contributed by atoms with Gasteiger partial charge in [0.1, 0.15) is 0 Å². The fraction of sp³-hybridized carbons (Fsp3) is 0.0986. The summed E-state index contributed by atoms with van der Waals surface area (Å²) in [6.07, 6.45) is 17.9. The Kier molecular flexibility index (Phi) is 10.00. The lowest BCUT2D eigenvalue weighted by atomic mass is 9.64. The van der Waals surface area contributed by atoms with Crippen LogP contribution in [0.2, 0.25) is 0 Å². The van der Waals surface area contributed by atoms with E-state index in [9.17, 15) is 0 Å². The molecule has 0 saturated heterocycles. The molecule has 2 atom stereocenters. The van der Waals surface area contributed by atoms with E-state index in [2.05, 4.69) is 219 Å². The monoisotopic (exact) mass is 958 g/mol. The Bertz CT molecular complexity index is 4250. The third-order valence-electron chi connectivity index (χ3n) is 16.7. The number of hydrogen-bond donors (Lipinski definition) is 0. The van der Waals surface area contributed by atoms with Crippen molar-refractivity contribution in [3.05, 3.63) is 287 Å². The van der Waals surface area contributed by atoms with Crippen LogP contribution in [0.5, 0.6) is 0 Å². The van der Waals surface area contributed by atoms with Crippen LogP contribution in [0, 0.1) is 11.8 Å². The molecule has 12 aromatic rings. The van der Waals surface area contributed by atoms with Crippen molar-refractivity contribution in [1.29, 1.82) is 0 Å². The highest BCUT2D eigenvalue weighted by Gasteiger charge is 2.48.